The highest BCUT2D eigenvalue weighted by atomic mass is 32.1. The van der Waals surface area contributed by atoms with E-state index < -0.39 is 11.8 Å². The number of thiazole rings is 1. The Balaban J connectivity index is 1.55. The highest BCUT2D eigenvalue weighted by molar-refractivity contribution is 7.14. The summed E-state index contributed by atoms with van der Waals surface area (Å²) in [7, 11) is 1.48. The Labute approximate surface area is 169 Å². The molecule has 146 valence electrons. The molecule has 29 heavy (non-hydrogen) atoms. The Morgan fingerprint density at radius 3 is 2.76 bits per heavy atom. The van der Waals surface area contributed by atoms with Crippen molar-refractivity contribution in [1.29, 1.82) is 0 Å². The maximum Gasteiger partial charge on any atom is 0.281 e. The van der Waals surface area contributed by atoms with E-state index in [1.807, 2.05) is 30.3 Å². The molecule has 0 radical (unpaired) electrons. The van der Waals surface area contributed by atoms with Crippen LogP contribution in [0.1, 0.15) is 21.0 Å². The van der Waals surface area contributed by atoms with Gasteiger partial charge in [-0.05, 0) is 18.2 Å². The third-order valence-electron chi connectivity index (χ3n) is 4.11. The van der Waals surface area contributed by atoms with E-state index in [0.29, 0.717) is 22.1 Å². The van der Waals surface area contributed by atoms with Gasteiger partial charge in [-0.1, -0.05) is 18.2 Å². The van der Waals surface area contributed by atoms with E-state index in [9.17, 15) is 9.59 Å². The van der Waals surface area contributed by atoms with E-state index >= 15 is 0 Å². The molecule has 9 nitrogen and oxygen atoms in total. The molecule has 2 amide bonds. The summed E-state index contributed by atoms with van der Waals surface area (Å²) in [5.41, 5.74) is 7.79. The topological polar surface area (TPSA) is 128 Å². The monoisotopic (exact) mass is 408 g/mol. The molecule has 0 aliphatic carbocycles. The zero-order valence-electron chi connectivity index (χ0n) is 15.2. The SMILES string of the molecule is COc1cn(-c2ccccc2)nc1C(=O)Nc1nc(-c2c[nH]c(C(N)=O)c2)cs1. The van der Waals surface area contributed by atoms with E-state index in [2.05, 4.69) is 20.4 Å². The first kappa shape index (κ1) is 18.4. The summed E-state index contributed by atoms with van der Waals surface area (Å²) in [4.78, 5) is 31.1. The standard InChI is InChI=1S/C19H16N6O3S/c1-28-15-9-25(12-5-3-2-4-6-12)24-16(15)18(27)23-19-22-14(10-29-19)11-7-13(17(20)26)21-8-11/h2-10,21H,1H3,(H2,20,26)(H,22,23,27). The van der Waals surface area contributed by atoms with E-state index in [0.717, 1.165) is 5.69 Å². The summed E-state index contributed by atoms with van der Waals surface area (Å²) in [6, 6.07) is 11.0. The number of carbonyl (C=O) groups is 2. The first-order valence-electron chi connectivity index (χ1n) is 8.49. The minimum Gasteiger partial charge on any atom is -0.493 e. The van der Waals surface area contributed by atoms with Crippen LogP contribution in [0.3, 0.4) is 0 Å². The molecule has 10 heteroatoms. The number of ether oxygens (including phenoxy) is 1. The van der Waals surface area contributed by atoms with Gasteiger partial charge in [0.15, 0.2) is 16.6 Å². The van der Waals surface area contributed by atoms with Gasteiger partial charge in [0.1, 0.15) is 5.69 Å². The number of primary amides is 1. The summed E-state index contributed by atoms with van der Waals surface area (Å²) in [6.45, 7) is 0. The van der Waals surface area contributed by atoms with Crippen LogP contribution in [0.2, 0.25) is 0 Å². The molecule has 4 N–H and O–H groups in total. The number of hydrogen-bond acceptors (Lipinski definition) is 6. The Bertz CT molecular complexity index is 1180. The number of methoxy groups -OCH3 is 1. The van der Waals surface area contributed by atoms with Gasteiger partial charge in [-0.3, -0.25) is 14.9 Å². The van der Waals surface area contributed by atoms with Gasteiger partial charge in [0.2, 0.25) is 0 Å². The van der Waals surface area contributed by atoms with E-state index in [1.54, 1.807) is 28.5 Å². The molecule has 1 aromatic carbocycles. The van der Waals surface area contributed by atoms with Crippen molar-refractivity contribution in [2.45, 2.75) is 0 Å². The van der Waals surface area contributed by atoms with Crippen LogP contribution in [0.25, 0.3) is 16.9 Å². The second kappa shape index (κ2) is 7.60. The fraction of sp³-hybridized carbons (Fsp3) is 0.0526. The maximum absolute atomic E-state index is 12.7. The van der Waals surface area contributed by atoms with Crippen LogP contribution >= 0.6 is 11.3 Å². The number of carbonyl (C=O) groups excluding carboxylic acids is 2. The molecule has 0 spiro atoms. The Morgan fingerprint density at radius 2 is 2.07 bits per heavy atom. The Kier molecular flexibility index (Phi) is 4.83. The molecule has 3 heterocycles. The number of benzene rings is 1. The predicted molar refractivity (Wildman–Crippen MR) is 108 cm³/mol. The highest BCUT2D eigenvalue weighted by Crippen LogP contribution is 2.27. The predicted octanol–water partition coefficient (Wildman–Crippen LogP) is 2.68. The van der Waals surface area contributed by atoms with Crippen molar-refractivity contribution < 1.29 is 14.3 Å². The first-order chi connectivity index (χ1) is 14.0. The molecule has 0 atom stereocenters. The van der Waals surface area contributed by atoms with Gasteiger partial charge in [-0.25, -0.2) is 9.67 Å². The lowest BCUT2D eigenvalue weighted by Gasteiger charge is -2.01. The number of hydrogen-bond donors (Lipinski definition) is 3. The summed E-state index contributed by atoms with van der Waals surface area (Å²) in [5, 5.41) is 9.22. The van der Waals surface area contributed by atoms with Gasteiger partial charge < -0.3 is 15.5 Å². The molecule has 4 aromatic rings. The van der Waals surface area contributed by atoms with E-state index in [-0.39, 0.29) is 11.4 Å². The van der Waals surface area contributed by atoms with Gasteiger partial charge in [-0.2, -0.15) is 5.10 Å². The minimum absolute atomic E-state index is 0.144. The molecule has 0 fully saturated rings. The zero-order valence-corrected chi connectivity index (χ0v) is 16.1. The average molecular weight is 408 g/mol. The number of nitrogens with zero attached hydrogens (tertiary/aromatic N) is 3. The number of aromatic nitrogens is 4. The number of rotatable bonds is 6. The molecule has 3 aromatic heterocycles. The lowest BCUT2D eigenvalue weighted by Crippen LogP contribution is -2.14. The molecule has 0 aliphatic rings. The van der Waals surface area contributed by atoms with Crippen LogP contribution in [-0.4, -0.2) is 38.7 Å². The lowest BCUT2D eigenvalue weighted by molar-refractivity contribution is 0.0993. The third-order valence-corrected chi connectivity index (χ3v) is 4.86. The molecule has 0 saturated heterocycles. The van der Waals surface area contributed by atoms with Crippen LogP contribution < -0.4 is 15.8 Å². The summed E-state index contributed by atoms with van der Waals surface area (Å²) >= 11 is 1.25. The molecule has 0 saturated carbocycles. The summed E-state index contributed by atoms with van der Waals surface area (Å²) in [5.74, 6) is -0.648. The van der Waals surface area contributed by atoms with Crippen LogP contribution in [0.4, 0.5) is 5.13 Å². The van der Waals surface area contributed by atoms with Crippen molar-refractivity contribution in [2.24, 2.45) is 5.73 Å². The van der Waals surface area contributed by atoms with Crippen LogP contribution in [-0.2, 0) is 0 Å². The van der Waals surface area contributed by atoms with Gasteiger partial charge in [0, 0.05) is 17.1 Å². The Morgan fingerprint density at radius 1 is 1.28 bits per heavy atom. The third kappa shape index (κ3) is 3.73. The van der Waals surface area contributed by atoms with Crippen molar-refractivity contribution in [1.82, 2.24) is 19.7 Å². The smallest absolute Gasteiger partial charge is 0.281 e. The van der Waals surface area contributed by atoms with Crippen molar-refractivity contribution in [2.75, 3.05) is 12.4 Å². The fourth-order valence-corrected chi connectivity index (χ4v) is 3.40. The number of anilines is 1. The number of H-pyrrole nitrogens is 1. The van der Waals surface area contributed by atoms with Crippen LogP contribution in [0, 0.1) is 0 Å². The van der Waals surface area contributed by atoms with E-state index in [1.165, 1.54) is 18.4 Å². The van der Waals surface area contributed by atoms with Crippen LogP contribution in [0.5, 0.6) is 5.75 Å². The Hall–Kier alpha value is -3.92. The average Bonchev–Trinajstić information content (AvgIpc) is 3.47. The van der Waals surface area contributed by atoms with Crippen molar-refractivity contribution in [3.63, 3.8) is 0 Å². The van der Waals surface area contributed by atoms with Gasteiger partial charge in [-0.15, -0.1) is 11.3 Å². The molecule has 0 aliphatic heterocycles. The summed E-state index contributed by atoms with van der Waals surface area (Å²) < 4.78 is 6.87. The van der Waals surface area contributed by atoms with Crippen molar-refractivity contribution >= 4 is 28.3 Å². The molecular formula is C19H16N6O3S. The largest absolute Gasteiger partial charge is 0.493 e. The number of nitrogens with one attached hydrogen (secondary N) is 2. The number of nitrogens with two attached hydrogens (primary N) is 1. The second-order valence-corrected chi connectivity index (χ2v) is 6.84. The lowest BCUT2D eigenvalue weighted by atomic mass is 10.2. The number of amides is 2. The number of aromatic amines is 1. The number of para-hydroxylation sites is 1. The highest BCUT2D eigenvalue weighted by Gasteiger charge is 2.20. The molecule has 0 bridgehead atoms. The fourth-order valence-electron chi connectivity index (χ4n) is 2.68. The van der Waals surface area contributed by atoms with Crippen molar-refractivity contribution in [3.8, 4) is 22.7 Å². The van der Waals surface area contributed by atoms with Crippen LogP contribution in [0.15, 0.2) is 54.2 Å². The molecule has 4 rings (SSSR count). The van der Waals surface area contributed by atoms with E-state index in [4.69, 9.17) is 10.5 Å². The minimum atomic E-state index is -0.555. The maximum atomic E-state index is 12.7. The molecular weight excluding hydrogens is 392 g/mol. The second-order valence-electron chi connectivity index (χ2n) is 5.98. The first-order valence-corrected chi connectivity index (χ1v) is 9.37. The zero-order chi connectivity index (χ0) is 20.4. The quantitative estimate of drug-likeness (QED) is 0.452. The van der Waals surface area contributed by atoms with Gasteiger partial charge in [0.25, 0.3) is 11.8 Å². The molecule has 0 unspecified atom stereocenters. The van der Waals surface area contributed by atoms with Gasteiger partial charge >= 0.3 is 0 Å². The van der Waals surface area contributed by atoms with Gasteiger partial charge in [0.05, 0.1) is 24.7 Å². The normalized spacial score (nSPS) is 10.7. The summed E-state index contributed by atoms with van der Waals surface area (Å²) in [6.07, 6.45) is 3.27. The van der Waals surface area contributed by atoms with Crippen molar-refractivity contribution in [3.05, 3.63) is 65.6 Å².